The molecule has 0 bridgehead atoms. The van der Waals surface area contributed by atoms with E-state index >= 15 is 0 Å². The van der Waals surface area contributed by atoms with Gasteiger partial charge in [-0.15, -0.1) is 0 Å². The molecule has 0 aromatic carbocycles. The number of hydrogen-bond donors (Lipinski definition) is 1. The summed E-state index contributed by atoms with van der Waals surface area (Å²) in [6.45, 7) is 2.27. The maximum atomic E-state index is 10.6. The molecule has 0 saturated carbocycles. The Balaban J connectivity index is 1.86. The molecule has 1 rings (SSSR count). The lowest BCUT2D eigenvalue weighted by molar-refractivity contribution is 0.111. The largest absolute Gasteiger partial charge is 0.356 e. The highest BCUT2D eigenvalue weighted by molar-refractivity contribution is 5.71. The Bertz CT molecular complexity index is 406. The molecule has 22 heavy (non-hydrogen) atoms. The molecule has 0 radical (unpaired) electrons. The van der Waals surface area contributed by atoms with E-state index < -0.39 is 0 Å². The molecular weight excluding hydrogens is 270 g/mol. The first-order valence-electron chi connectivity index (χ1n) is 9.15. The predicted octanol–water partition coefficient (Wildman–Crippen LogP) is 6.24. The zero-order valence-corrected chi connectivity index (χ0v) is 14.3. The molecule has 1 aromatic rings. The third kappa shape index (κ3) is 9.59. The molecular formula is C20H33NO. The van der Waals surface area contributed by atoms with Gasteiger partial charge in [0.1, 0.15) is 0 Å². The summed E-state index contributed by atoms with van der Waals surface area (Å²) in [5, 5.41) is 0. The lowest BCUT2D eigenvalue weighted by Gasteiger charge is -1.99. The van der Waals surface area contributed by atoms with Gasteiger partial charge in [0.25, 0.3) is 0 Å². The van der Waals surface area contributed by atoms with E-state index in [2.05, 4.69) is 24.1 Å². The standard InChI is InChI=1S/C20H33NO/c1-2-3-4-5-6-7-8-9-10-11-12-13-14-15-19-16-17-20(18-22)21-19/h9-10,16-18,21H,2-8,11-15H2,1H3. The number of rotatable bonds is 14. The summed E-state index contributed by atoms with van der Waals surface area (Å²) in [7, 11) is 0. The summed E-state index contributed by atoms with van der Waals surface area (Å²) < 4.78 is 0. The van der Waals surface area contributed by atoms with E-state index in [1.807, 2.05) is 12.1 Å². The molecule has 0 aliphatic carbocycles. The van der Waals surface area contributed by atoms with Gasteiger partial charge in [-0.25, -0.2) is 0 Å². The predicted molar refractivity (Wildman–Crippen MR) is 95.5 cm³/mol. The average molecular weight is 303 g/mol. The number of nitrogens with one attached hydrogen (secondary N) is 1. The Morgan fingerprint density at radius 2 is 1.50 bits per heavy atom. The SMILES string of the molecule is CCCCCCCCC=CCCCCCc1ccc(C=O)[nH]1. The fourth-order valence-corrected chi connectivity index (χ4v) is 2.71. The van der Waals surface area contributed by atoms with Crippen LogP contribution in [0.4, 0.5) is 0 Å². The second-order valence-electron chi connectivity index (χ2n) is 6.18. The van der Waals surface area contributed by atoms with Crippen LogP contribution in [0.2, 0.25) is 0 Å². The van der Waals surface area contributed by atoms with Gasteiger partial charge < -0.3 is 4.98 Å². The van der Waals surface area contributed by atoms with Crippen LogP contribution in [0.1, 0.15) is 93.7 Å². The number of carbonyl (C=O) groups is 1. The minimum absolute atomic E-state index is 0.688. The number of aromatic amines is 1. The average Bonchev–Trinajstić information content (AvgIpc) is 3.00. The fraction of sp³-hybridized carbons (Fsp3) is 0.650. The van der Waals surface area contributed by atoms with Crippen LogP contribution in [-0.2, 0) is 6.42 Å². The van der Waals surface area contributed by atoms with E-state index in [1.165, 1.54) is 76.3 Å². The molecule has 0 aliphatic heterocycles. The van der Waals surface area contributed by atoms with Crippen LogP contribution in [0.15, 0.2) is 24.3 Å². The highest BCUT2D eigenvalue weighted by atomic mass is 16.1. The Kier molecular flexibility index (Phi) is 11.4. The molecule has 124 valence electrons. The van der Waals surface area contributed by atoms with E-state index in [1.54, 1.807) is 0 Å². The highest BCUT2D eigenvalue weighted by Crippen LogP contribution is 2.09. The van der Waals surface area contributed by atoms with Crippen LogP contribution < -0.4 is 0 Å². The summed E-state index contributed by atoms with van der Waals surface area (Å²) in [4.78, 5) is 13.7. The van der Waals surface area contributed by atoms with Crippen molar-refractivity contribution in [2.45, 2.75) is 84.0 Å². The van der Waals surface area contributed by atoms with Crippen LogP contribution in [0.5, 0.6) is 0 Å². The maximum absolute atomic E-state index is 10.6. The number of unbranched alkanes of at least 4 members (excludes halogenated alkanes) is 9. The first-order valence-corrected chi connectivity index (χ1v) is 9.15. The van der Waals surface area contributed by atoms with Crippen molar-refractivity contribution < 1.29 is 4.79 Å². The van der Waals surface area contributed by atoms with E-state index in [9.17, 15) is 4.79 Å². The summed E-state index contributed by atoms with van der Waals surface area (Å²) in [5.74, 6) is 0. The van der Waals surface area contributed by atoms with Crippen LogP contribution >= 0.6 is 0 Å². The molecule has 0 spiro atoms. The van der Waals surface area contributed by atoms with Gasteiger partial charge in [-0.05, 0) is 50.7 Å². The van der Waals surface area contributed by atoms with Crippen LogP contribution in [0, 0.1) is 0 Å². The quantitative estimate of drug-likeness (QED) is 0.246. The number of aromatic nitrogens is 1. The molecule has 0 fully saturated rings. The van der Waals surface area contributed by atoms with E-state index in [0.29, 0.717) is 5.69 Å². The molecule has 1 aromatic heterocycles. The van der Waals surface area contributed by atoms with Gasteiger partial charge in [0.2, 0.25) is 0 Å². The molecule has 0 amide bonds. The molecule has 2 nitrogen and oxygen atoms in total. The van der Waals surface area contributed by atoms with Crippen molar-refractivity contribution in [3.63, 3.8) is 0 Å². The second kappa shape index (κ2) is 13.4. The Hall–Kier alpha value is -1.31. The lowest BCUT2D eigenvalue weighted by atomic mass is 10.1. The smallest absolute Gasteiger partial charge is 0.166 e. The number of allylic oxidation sites excluding steroid dienone is 2. The summed E-state index contributed by atoms with van der Waals surface area (Å²) in [6.07, 6.45) is 21.1. The summed E-state index contributed by atoms with van der Waals surface area (Å²) in [5.41, 5.74) is 1.87. The minimum Gasteiger partial charge on any atom is -0.356 e. The van der Waals surface area contributed by atoms with E-state index in [0.717, 1.165) is 12.7 Å². The molecule has 2 heteroatoms. The first-order chi connectivity index (χ1) is 10.9. The zero-order chi connectivity index (χ0) is 15.9. The number of carbonyl (C=O) groups excluding carboxylic acids is 1. The molecule has 0 aliphatic rings. The van der Waals surface area contributed by atoms with E-state index in [4.69, 9.17) is 0 Å². The van der Waals surface area contributed by atoms with Gasteiger partial charge in [-0.2, -0.15) is 0 Å². The molecule has 0 unspecified atom stereocenters. The maximum Gasteiger partial charge on any atom is 0.166 e. The fourth-order valence-electron chi connectivity index (χ4n) is 2.71. The monoisotopic (exact) mass is 303 g/mol. The number of H-pyrrole nitrogens is 1. The van der Waals surface area contributed by atoms with Crippen molar-refractivity contribution in [3.05, 3.63) is 35.7 Å². The topological polar surface area (TPSA) is 32.9 Å². The summed E-state index contributed by atoms with van der Waals surface area (Å²) >= 11 is 0. The van der Waals surface area contributed by atoms with Gasteiger partial charge >= 0.3 is 0 Å². The Labute approximate surface area is 136 Å². The van der Waals surface area contributed by atoms with Gasteiger partial charge in [0.15, 0.2) is 6.29 Å². The minimum atomic E-state index is 0.688. The van der Waals surface area contributed by atoms with Crippen molar-refractivity contribution in [2.24, 2.45) is 0 Å². The van der Waals surface area contributed by atoms with Gasteiger partial charge in [0.05, 0.1) is 5.69 Å². The first kappa shape index (κ1) is 18.7. The van der Waals surface area contributed by atoms with Gasteiger partial charge in [-0.1, -0.05) is 57.6 Å². The lowest BCUT2D eigenvalue weighted by Crippen LogP contribution is -1.87. The van der Waals surface area contributed by atoms with Crippen molar-refractivity contribution in [1.29, 1.82) is 0 Å². The zero-order valence-electron chi connectivity index (χ0n) is 14.3. The van der Waals surface area contributed by atoms with Crippen molar-refractivity contribution >= 4 is 6.29 Å². The highest BCUT2D eigenvalue weighted by Gasteiger charge is 1.97. The van der Waals surface area contributed by atoms with Crippen molar-refractivity contribution in [1.82, 2.24) is 4.98 Å². The molecule has 0 saturated heterocycles. The van der Waals surface area contributed by atoms with Crippen LogP contribution in [0.25, 0.3) is 0 Å². The van der Waals surface area contributed by atoms with E-state index in [-0.39, 0.29) is 0 Å². The van der Waals surface area contributed by atoms with Gasteiger partial charge in [0, 0.05) is 5.69 Å². The van der Waals surface area contributed by atoms with Crippen molar-refractivity contribution in [3.8, 4) is 0 Å². The normalized spacial score (nSPS) is 11.3. The molecule has 0 atom stereocenters. The van der Waals surface area contributed by atoms with Gasteiger partial charge in [-0.3, -0.25) is 4.79 Å². The number of hydrogen-bond acceptors (Lipinski definition) is 1. The number of aldehydes is 1. The third-order valence-electron chi connectivity index (χ3n) is 4.10. The van der Waals surface area contributed by atoms with Crippen molar-refractivity contribution in [2.75, 3.05) is 0 Å². The summed E-state index contributed by atoms with van der Waals surface area (Å²) in [6, 6.07) is 3.87. The molecule has 1 N–H and O–H groups in total. The Morgan fingerprint density at radius 1 is 0.864 bits per heavy atom. The second-order valence-corrected chi connectivity index (χ2v) is 6.18. The third-order valence-corrected chi connectivity index (χ3v) is 4.10. The van der Waals surface area contributed by atoms with Crippen LogP contribution in [-0.4, -0.2) is 11.3 Å². The van der Waals surface area contributed by atoms with Crippen LogP contribution in [0.3, 0.4) is 0 Å². The Morgan fingerprint density at radius 3 is 2.14 bits per heavy atom. The molecule has 1 heterocycles. The number of aryl methyl sites for hydroxylation is 1.